The fourth-order valence-electron chi connectivity index (χ4n) is 3.65. The van der Waals surface area contributed by atoms with Crippen LogP contribution in [0, 0.1) is 0 Å². The van der Waals surface area contributed by atoms with E-state index in [1.165, 1.54) is 16.7 Å². The molecule has 0 radical (unpaired) electrons. The highest BCUT2D eigenvalue weighted by molar-refractivity contribution is 7.89. The maximum absolute atomic E-state index is 12.7. The van der Waals surface area contributed by atoms with Crippen LogP contribution < -0.4 is 10.0 Å². The summed E-state index contributed by atoms with van der Waals surface area (Å²) in [6.45, 7) is 3.20. The van der Waals surface area contributed by atoms with E-state index in [0.29, 0.717) is 6.54 Å². The standard InChI is InChI=1S/C26H27N3O2S/c1-20(29-32(30,31)26-12-11-25-19-28-16-14-24(25)17-26)18-27-15-13-21-7-9-23(10-8-21)22-5-3-2-4-6-22/h2-12,14,16-17,19-20,27,29H,13,15,18H2,1H3. The van der Waals surface area contributed by atoms with E-state index in [0.717, 1.165) is 23.7 Å². The van der Waals surface area contributed by atoms with Gasteiger partial charge < -0.3 is 5.32 Å². The van der Waals surface area contributed by atoms with Crippen molar-refractivity contribution in [3.05, 3.63) is 96.8 Å². The predicted molar refractivity (Wildman–Crippen MR) is 130 cm³/mol. The van der Waals surface area contributed by atoms with Gasteiger partial charge in [0, 0.05) is 30.4 Å². The lowest BCUT2D eigenvalue weighted by molar-refractivity contribution is 0.537. The summed E-state index contributed by atoms with van der Waals surface area (Å²) < 4.78 is 28.2. The first-order valence-corrected chi connectivity index (χ1v) is 12.2. The number of rotatable bonds is 9. The monoisotopic (exact) mass is 445 g/mol. The fourth-order valence-corrected chi connectivity index (χ4v) is 4.93. The van der Waals surface area contributed by atoms with Gasteiger partial charge in [-0.3, -0.25) is 4.98 Å². The van der Waals surface area contributed by atoms with Gasteiger partial charge in [-0.1, -0.05) is 60.7 Å². The number of pyridine rings is 1. The third kappa shape index (κ3) is 5.59. The van der Waals surface area contributed by atoms with Gasteiger partial charge in [0.05, 0.1) is 4.90 Å². The van der Waals surface area contributed by atoms with Crippen molar-refractivity contribution in [1.82, 2.24) is 15.0 Å². The van der Waals surface area contributed by atoms with Crippen molar-refractivity contribution in [2.45, 2.75) is 24.3 Å². The molecule has 0 aliphatic heterocycles. The molecule has 1 unspecified atom stereocenters. The van der Waals surface area contributed by atoms with Crippen molar-refractivity contribution in [1.29, 1.82) is 0 Å². The minimum atomic E-state index is -3.58. The van der Waals surface area contributed by atoms with Crippen LogP contribution in [0.25, 0.3) is 21.9 Å². The summed E-state index contributed by atoms with van der Waals surface area (Å²) in [5.74, 6) is 0. The second kappa shape index (κ2) is 10.0. The topological polar surface area (TPSA) is 71.1 Å². The summed E-state index contributed by atoms with van der Waals surface area (Å²) in [6, 6.07) is 25.5. The number of hydrogen-bond acceptors (Lipinski definition) is 4. The lowest BCUT2D eigenvalue weighted by Crippen LogP contribution is -2.40. The number of fused-ring (bicyclic) bond motifs is 1. The Morgan fingerprint density at radius 1 is 0.875 bits per heavy atom. The number of nitrogens with one attached hydrogen (secondary N) is 2. The van der Waals surface area contributed by atoms with Crippen molar-refractivity contribution >= 4 is 20.8 Å². The maximum Gasteiger partial charge on any atom is 0.240 e. The molecule has 0 saturated carbocycles. The van der Waals surface area contributed by atoms with Gasteiger partial charge in [-0.05, 0) is 60.2 Å². The van der Waals surface area contributed by atoms with Crippen LogP contribution in [-0.4, -0.2) is 32.5 Å². The molecule has 0 bridgehead atoms. The highest BCUT2D eigenvalue weighted by Crippen LogP contribution is 2.20. The van der Waals surface area contributed by atoms with Crippen molar-refractivity contribution in [2.24, 2.45) is 0 Å². The van der Waals surface area contributed by atoms with Crippen LogP contribution >= 0.6 is 0 Å². The van der Waals surface area contributed by atoms with Crippen LogP contribution in [0.5, 0.6) is 0 Å². The van der Waals surface area contributed by atoms with Gasteiger partial charge in [0.15, 0.2) is 0 Å². The van der Waals surface area contributed by atoms with Gasteiger partial charge in [-0.2, -0.15) is 0 Å². The smallest absolute Gasteiger partial charge is 0.240 e. The molecule has 0 spiro atoms. The van der Waals surface area contributed by atoms with Crippen molar-refractivity contribution in [2.75, 3.05) is 13.1 Å². The minimum Gasteiger partial charge on any atom is -0.315 e. The van der Waals surface area contributed by atoms with E-state index in [-0.39, 0.29) is 10.9 Å². The van der Waals surface area contributed by atoms with E-state index < -0.39 is 10.0 Å². The third-order valence-corrected chi connectivity index (χ3v) is 6.97. The summed E-state index contributed by atoms with van der Waals surface area (Å²) in [7, 11) is -3.58. The zero-order valence-electron chi connectivity index (χ0n) is 18.0. The number of benzene rings is 3. The van der Waals surface area contributed by atoms with E-state index in [1.807, 2.05) is 31.2 Å². The molecule has 4 rings (SSSR count). The normalized spacial score (nSPS) is 12.7. The molecule has 1 atom stereocenters. The summed E-state index contributed by atoms with van der Waals surface area (Å²) in [6.07, 6.45) is 4.27. The first-order valence-electron chi connectivity index (χ1n) is 10.7. The zero-order chi connectivity index (χ0) is 22.4. The fraction of sp³-hybridized carbons (Fsp3) is 0.192. The Labute approximate surface area is 189 Å². The largest absolute Gasteiger partial charge is 0.315 e. The lowest BCUT2D eigenvalue weighted by atomic mass is 10.0. The number of sulfonamides is 1. The Balaban J connectivity index is 1.26. The van der Waals surface area contributed by atoms with Gasteiger partial charge in [-0.25, -0.2) is 13.1 Å². The Kier molecular flexibility index (Phi) is 6.95. The first-order chi connectivity index (χ1) is 15.5. The maximum atomic E-state index is 12.7. The van der Waals surface area contributed by atoms with Crippen molar-refractivity contribution < 1.29 is 8.42 Å². The molecule has 0 aliphatic carbocycles. The van der Waals surface area contributed by atoms with Crippen molar-refractivity contribution in [3.63, 3.8) is 0 Å². The third-order valence-electron chi connectivity index (χ3n) is 5.38. The van der Waals surface area contributed by atoms with E-state index in [9.17, 15) is 8.42 Å². The van der Waals surface area contributed by atoms with E-state index in [2.05, 4.69) is 51.4 Å². The Morgan fingerprint density at radius 2 is 1.62 bits per heavy atom. The molecular formula is C26H27N3O2S. The van der Waals surface area contributed by atoms with Crippen LogP contribution in [0.15, 0.2) is 96.2 Å². The molecule has 4 aromatic rings. The molecule has 32 heavy (non-hydrogen) atoms. The van der Waals surface area contributed by atoms with E-state index in [4.69, 9.17) is 0 Å². The molecule has 0 aliphatic rings. The Bertz CT molecular complexity index is 1270. The quantitative estimate of drug-likeness (QED) is 0.375. The SMILES string of the molecule is CC(CNCCc1ccc(-c2ccccc2)cc1)NS(=O)(=O)c1ccc2cnccc2c1. The molecule has 2 N–H and O–H groups in total. The molecule has 164 valence electrons. The average Bonchev–Trinajstić information content (AvgIpc) is 2.82. The van der Waals surface area contributed by atoms with Crippen molar-refractivity contribution in [3.8, 4) is 11.1 Å². The second-order valence-corrected chi connectivity index (χ2v) is 9.64. The van der Waals surface area contributed by atoms with Crippen LogP contribution in [0.3, 0.4) is 0 Å². The van der Waals surface area contributed by atoms with Gasteiger partial charge >= 0.3 is 0 Å². The minimum absolute atomic E-state index is 0.228. The van der Waals surface area contributed by atoms with Crippen LogP contribution in [0.1, 0.15) is 12.5 Å². The second-order valence-electron chi connectivity index (χ2n) is 7.92. The number of aromatic nitrogens is 1. The molecule has 0 saturated heterocycles. The summed E-state index contributed by atoms with van der Waals surface area (Å²) in [4.78, 5) is 4.33. The molecular weight excluding hydrogens is 418 g/mol. The van der Waals surface area contributed by atoms with Crippen LogP contribution in [0.2, 0.25) is 0 Å². The number of nitrogens with zero attached hydrogens (tertiary/aromatic N) is 1. The molecule has 1 aromatic heterocycles. The summed E-state index contributed by atoms with van der Waals surface area (Å²) >= 11 is 0. The highest BCUT2D eigenvalue weighted by Gasteiger charge is 2.17. The molecule has 1 heterocycles. The zero-order valence-corrected chi connectivity index (χ0v) is 18.8. The summed E-state index contributed by atoms with van der Waals surface area (Å²) in [5.41, 5.74) is 3.66. The predicted octanol–water partition coefficient (Wildman–Crippen LogP) is 4.40. The molecule has 0 fully saturated rings. The lowest BCUT2D eigenvalue weighted by Gasteiger charge is -2.15. The molecule has 0 amide bonds. The summed E-state index contributed by atoms with van der Waals surface area (Å²) in [5, 5.41) is 5.12. The van der Waals surface area contributed by atoms with Gasteiger partial charge in [0.25, 0.3) is 0 Å². The van der Waals surface area contributed by atoms with Crippen LogP contribution in [0.4, 0.5) is 0 Å². The molecule has 3 aromatic carbocycles. The van der Waals surface area contributed by atoms with E-state index >= 15 is 0 Å². The first kappa shape index (κ1) is 22.1. The Morgan fingerprint density at radius 3 is 2.41 bits per heavy atom. The molecule has 6 heteroatoms. The Hall–Kier alpha value is -3.06. The van der Waals surface area contributed by atoms with Gasteiger partial charge in [-0.15, -0.1) is 0 Å². The highest BCUT2D eigenvalue weighted by atomic mass is 32.2. The van der Waals surface area contributed by atoms with Crippen LogP contribution in [-0.2, 0) is 16.4 Å². The average molecular weight is 446 g/mol. The molecule has 5 nitrogen and oxygen atoms in total. The van der Waals surface area contributed by atoms with Gasteiger partial charge in [0.1, 0.15) is 0 Å². The number of hydrogen-bond donors (Lipinski definition) is 2. The van der Waals surface area contributed by atoms with E-state index in [1.54, 1.807) is 30.6 Å². The van der Waals surface area contributed by atoms with Gasteiger partial charge in [0.2, 0.25) is 10.0 Å².